The van der Waals surface area contributed by atoms with Crippen LogP contribution in [0.3, 0.4) is 0 Å². The van der Waals surface area contributed by atoms with Gasteiger partial charge in [-0.3, -0.25) is 0 Å². The molecule has 1 aromatic heterocycles. The summed E-state index contributed by atoms with van der Waals surface area (Å²) in [7, 11) is -3.17. The minimum absolute atomic E-state index is 0.185. The number of benzene rings is 1. The number of anilines is 1. The predicted molar refractivity (Wildman–Crippen MR) is 122 cm³/mol. The van der Waals surface area contributed by atoms with Crippen molar-refractivity contribution in [2.24, 2.45) is 0 Å². The zero-order valence-electron chi connectivity index (χ0n) is 16.6. The van der Waals surface area contributed by atoms with Crippen LogP contribution in [0.5, 0.6) is 0 Å². The topological polar surface area (TPSA) is 75.2 Å². The van der Waals surface area contributed by atoms with Gasteiger partial charge in [-0.15, -0.1) is 10.2 Å². The van der Waals surface area contributed by atoms with E-state index in [9.17, 15) is 8.42 Å². The van der Waals surface area contributed by atoms with Gasteiger partial charge in [0.15, 0.2) is 5.82 Å². The van der Waals surface area contributed by atoms with Crippen LogP contribution in [-0.4, -0.2) is 47.3 Å². The molecule has 0 radical (unpaired) electrons. The molecule has 160 valence electrons. The molecule has 3 aliphatic rings. The minimum Gasteiger partial charge on any atom is -0.365 e. The molecule has 5 rings (SSSR count). The molecule has 1 N–H and O–H groups in total. The number of halogens is 2. The fraction of sp³-hybridized carbons (Fsp3) is 0.524. The number of rotatable bonds is 5. The minimum atomic E-state index is -3.17. The standard InChI is InChI=1S/C21H24Cl2N4O2S/c22-18-11-16-17(12-19(18)23)21(24-14-3-1-2-4-14)26-25-20(16)13-7-9-27(10-8-13)30(28,29)15-5-6-15/h7,11-12,14-15H,1-6,8-10H2,(H,24,26). The van der Waals surface area contributed by atoms with E-state index in [1.165, 1.54) is 12.8 Å². The van der Waals surface area contributed by atoms with Crippen molar-refractivity contribution in [3.8, 4) is 0 Å². The molecule has 0 spiro atoms. The number of fused-ring (bicyclic) bond motifs is 1. The summed E-state index contributed by atoms with van der Waals surface area (Å²) < 4.78 is 26.6. The van der Waals surface area contributed by atoms with Gasteiger partial charge in [0.25, 0.3) is 0 Å². The SMILES string of the molecule is O=S(=O)(C1CC1)N1CC=C(c2nnc(NC3CCCC3)c3cc(Cl)c(Cl)cc23)CC1. The van der Waals surface area contributed by atoms with Crippen molar-refractivity contribution in [3.63, 3.8) is 0 Å². The van der Waals surface area contributed by atoms with Crippen LogP contribution in [0, 0.1) is 0 Å². The summed E-state index contributed by atoms with van der Waals surface area (Å²) in [4.78, 5) is 0. The first kappa shape index (κ1) is 20.5. The number of sulfonamides is 1. The van der Waals surface area contributed by atoms with Crippen LogP contribution in [0.15, 0.2) is 18.2 Å². The smallest absolute Gasteiger partial charge is 0.217 e. The Morgan fingerprint density at radius 1 is 1.00 bits per heavy atom. The summed E-state index contributed by atoms with van der Waals surface area (Å²) in [6.07, 6.45) is 8.82. The van der Waals surface area contributed by atoms with Gasteiger partial charge in [0.1, 0.15) is 0 Å². The van der Waals surface area contributed by atoms with E-state index in [-0.39, 0.29) is 5.25 Å². The molecule has 9 heteroatoms. The number of hydrogen-bond acceptors (Lipinski definition) is 5. The van der Waals surface area contributed by atoms with E-state index < -0.39 is 10.0 Å². The van der Waals surface area contributed by atoms with Crippen molar-refractivity contribution < 1.29 is 8.42 Å². The molecule has 1 aromatic carbocycles. The third-order valence-corrected chi connectivity index (χ3v) is 9.39. The van der Waals surface area contributed by atoms with Crippen molar-refractivity contribution in [1.82, 2.24) is 14.5 Å². The molecule has 2 aromatic rings. The number of nitrogens with zero attached hydrogens (tertiary/aromatic N) is 3. The van der Waals surface area contributed by atoms with Gasteiger partial charge >= 0.3 is 0 Å². The van der Waals surface area contributed by atoms with Crippen molar-refractivity contribution in [1.29, 1.82) is 0 Å². The van der Waals surface area contributed by atoms with E-state index in [0.29, 0.717) is 35.6 Å². The Bertz CT molecular complexity index is 1130. The Morgan fingerprint density at radius 2 is 1.70 bits per heavy atom. The molecule has 0 atom stereocenters. The molecule has 0 saturated heterocycles. The van der Waals surface area contributed by atoms with Gasteiger partial charge in [0.2, 0.25) is 10.0 Å². The average Bonchev–Trinajstić information content (AvgIpc) is 3.48. The first-order chi connectivity index (χ1) is 14.4. The maximum Gasteiger partial charge on any atom is 0.217 e. The normalized spacial score (nSPS) is 21.2. The average molecular weight is 467 g/mol. The highest BCUT2D eigenvalue weighted by molar-refractivity contribution is 7.90. The van der Waals surface area contributed by atoms with E-state index in [1.807, 2.05) is 18.2 Å². The lowest BCUT2D eigenvalue weighted by Crippen LogP contribution is -2.37. The van der Waals surface area contributed by atoms with E-state index in [0.717, 1.165) is 53.5 Å². The summed E-state index contributed by atoms with van der Waals surface area (Å²) >= 11 is 12.7. The third kappa shape index (κ3) is 3.81. The van der Waals surface area contributed by atoms with Crippen LogP contribution in [-0.2, 0) is 10.0 Å². The van der Waals surface area contributed by atoms with Crippen LogP contribution in [0.25, 0.3) is 16.3 Å². The van der Waals surface area contributed by atoms with Gasteiger partial charge in [0.05, 0.1) is 21.0 Å². The molecular weight excluding hydrogens is 443 g/mol. The summed E-state index contributed by atoms with van der Waals surface area (Å²) in [6.45, 7) is 0.845. The summed E-state index contributed by atoms with van der Waals surface area (Å²) in [5, 5.41) is 15.1. The zero-order chi connectivity index (χ0) is 20.9. The molecule has 2 aliphatic carbocycles. The van der Waals surface area contributed by atoms with Crippen LogP contribution in [0.2, 0.25) is 10.0 Å². The summed E-state index contributed by atoms with van der Waals surface area (Å²) in [5.41, 5.74) is 1.75. The van der Waals surface area contributed by atoms with Crippen LogP contribution < -0.4 is 5.32 Å². The monoisotopic (exact) mass is 466 g/mol. The Hall–Kier alpha value is -1.41. The fourth-order valence-electron chi connectivity index (χ4n) is 4.43. The second-order valence-corrected chi connectivity index (χ2v) is 11.4. The summed E-state index contributed by atoms with van der Waals surface area (Å²) in [5.74, 6) is 0.730. The molecule has 2 saturated carbocycles. The predicted octanol–water partition coefficient (Wildman–Crippen LogP) is 4.87. The van der Waals surface area contributed by atoms with E-state index in [1.54, 1.807) is 4.31 Å². The molecule has 1 aliphatic heterocycles. The Morgan fingerprint density at radius 3 is 2.33 bits per heavy atom. The highest BCUT2D eigenvalue weighted by atomic mass is 35.5. The fourth-order valence-corrected chi connectivity index (χ4v) is 6.54. The van der Waals surface area contributed by atoms with Crippen LogP contribution in [0.1, 0.15) is 50.6 Å². The van der Waals surface area contributed by atoms with Crippen molar-refractivity contribution in [2.75, 3.05) is 18.4 Å². The van der Waals surface area contributed by atoms with E-state index >= 15 is 0 Å². The Balaban J connectivity index is 1.50. The quantitative estimate of drug-likeness (QED) is 0.679. The van der Waals surface area contributed by atoms with Gasteiger partial charge in [-0.25, -0.2) is 8.42 Å². The highest BCUT2D eigenvalue weighted by Crippen LogP contribution is 2.38. The second-order valence-electron chi connectivity index (χ2n) is 8.42. The molecule has 30 heavy (non-hydrogen) atoms. The lowest BCUT2D eigenvalue weighted by atomic mass is 10.00. The molecule has 0 unspecified atom stereocenters. The largest absolute Gasteiger partial charge is 0.365 e. The van der Waals surface area contributed by atoms with Gasteiger partial charge in [-0.2, -0.15) is 4.31 Å². The van der Waals surface area contributed by atoms with Gasteiger partial charge in [-0.05, 0) is 49.8 Å². The molecule has 0 bridgehead atoms. The van der Waals surface area contributed by atoms with Crippen molar-refractivity contribution in [2.45, 2.75) is 56.2 Å². The van der Waals surface area contributed by atoms with E-state index in [2.05, 4.69) is 15.5 Å². The van der Waals surface area contributed by atoms with Gasteiger partial charge < -0.3 is 5.32 Å². The number of hydrogen-bond donors (Lipinski definition) is 1. The first-order valence-corrected chi connectivity index (χ1v) is 12.8. The third-order valence-electron chi connectivity index (χ3n) is 6.30. The van der Waals surface area contributed by atoms with E-state index in [4.69, 9.17) is 23.2 Å². The van der Waals surface area contributed by atoms with Crippen LogP contribution in [0.4, 0.5) is 5.82 Å². The lowest BCUT2D eigenvalue weighted by molar-refractivity contribution is 0.440. The lowest BCUT2D eigenvalue weighted by Gasteiger charge is -2.26. The Labute approximate surface area is 186 Å². The second kappa shape index (κ2) is 7.93. The van der Waals surface area contributed by atoms with Gasteiger partial charge in [0, 0.05) is 29.9 Å². The van der Waals surface area contributed by atoms with Crippen molar-refractivity contribution in [3.05, 3.63) is 33.9 Å². The number of nitrogens with one attached hydrogen (secondary N) is 1. The van der Waals surface area contributed by atoms with Crippen molar-refractivity contribution >= 4 is 55.4 Å². The molecule has 2 heterocycles. The molecular formula is C21H24Cl2N4O2S. The molecule has 6 nitrogen and oxygen atoms in total. The zero-order valence-corrected chi connectivity index (χ0v) is 18.9. The number of aromatic nitrogens is 2. The maximum atomic E-state index is 12.5. The molecule has 0 amide bonds. The first-order valence-electron chi connectivity index (χ1n) is 10.5. The summed E-state index contributed by atoms with van der Waals surface area (Å²) in [6, 6.07) is 4.09. The Kier molecular flexibility index (Phi) is 5.42. The van der Waals surface area contributed by atoms with Crippen LogP contribution >= 0.6 is 23.2 Å². The highest BCUT2D eigenvalue weighted by Gasteiger charge is 2.40. The van der Waals surface area contributed by atoms with Gasteiger partial charge in [-0.1, -0.05) is 42.1 Å². The molecule has 2 fully saturated rings. The maximum absolute atomic E-state index is 12.5.